The number of hydrogen-bond donors (Lipinski definition) is 0. The summed E-state index contributed by atoms with van der Waals surface area (Å²) >= 11 is 6.00. The molecule has 0 N–H and O–H groups in total. The lowest BCUT2D eigenvalue weighted by Gasteiger charge is -2.36. The fourth-order valence-corrected chi connectivity index (χ4v) is 5.01. The van der Waals surface area contributed by atoms with Gasteiger partial charge in [0.25, 0.3) is 5.91 Å². The van der Waals surface area contributed by atoms with Gasteiger partial charge in [-0.15, -0.1) is 10.2 Å². The largest absolute Gasteiger partial charge is 0.497 e. The molecule has 9 nitrogen and oxygen atoms in total. The van der Waals surface area contributed by atoms with E-state index in [0.717, 1.165) is 35.7 Å². The standard InChI is InChI=1S/C29H32ClN5O4/c1-38-24-10-6-21(7-11-24)26-12-13-27(32-31-26)33-14-16-34(17-15-33)28(36)20-35(19-25-3-2-18-39-25)29(37)22-4-8-23(30)9-5-22/h4-13,25H,2-3,14-20H2,1H3. The highest BCUT2D eigenvalue weighted by molar-refractivity contribution is 6.30. The normalized spacial score (nSPS) is 17.2. The highest BCUT2D eigenvalue weighted by atomic mass is 35.5. The monoisotopic (exact) mass is 549 g/mol. The summed E-state index contributed by atoms with van der Waals surface area (Å²) < 4.78 is 11.0. The van der Waals surface area contributed by atoms with Gasteiger partial charge in [0.15, 0.2) is 5.82 Å². The second-order valence-electron chi connectivity index (χ2n) is 9.70. The summed E-state index contributed by atoms with van der Waals surface area (Å²) in [5.41, 5.74) is 2.25. The van der Waals surface area contributed by atoms with Crippen LogP contribution in [0.5, 0.6) is 5.75 Å². The first kappa shape index (κ1) is 26.9. The van der Waals surface area contributed by atoms with Crippen LogP contribution < -0.4 is 9.64 Å². The molecule has 0 saturated carbocycles. The quantitative estimate of drug-likeness (QED) is 0.422. The number of amides is 2. The first-order valence-electron chi connectivity index (χ1n) is 13.2. The Labute approximate surface area is 233 Å². The Morgan fingerprint density at radius 1 is 1.00 bits per heavy atom. The van der Waals surface area contributed by atoms with E-state index in [1.165, 1.54) is 0 Å². The van der Waals surface area contributed by atoms with Crippen LogP contribution in [0, 0.1) is 0 Å². The Kier molecular flexibility index (Phi) is 8.58. The number of piperazine rings is 1. The number of benzene rings is 2. The van der Waals surface area contributed by atoms with Crippen molar-refractivity contribution in [1.29, 1.82) is 0 Å². The number of carbonyl (C=O) groups is 2. The van der Waals surface area contributed by atoms with Crippen molar-refractivity contribution in [3.8, 4) is 17.0 Å². The minimum Gasteiger partial charge on any atom is -0.497 e. The van der Waals surface area contributed by atoms with Crippen molar-refractivity contribution in [2.24, 2.45) is 0 Å². The van der Waals surface area contributed by atoms with Gasteiger partial charge in [0.05, 0.1) is 18.9 Å². The van der Waals surface area contributed by atoms with E-state index >= 15 is 0 Å². The fraction of sp³-hybridized carbons (Fsp3) is 0.379. The number of halogens is 1. The molecule has 3 aromatic rings. The maximum absolute atomic E-state index is 13.3. The second-order valence-corrected chi connectivity index (χ2v) is 10.1. The van der Waals surface area contributed by atoms with Crippen LogP contribution in [0.25, 0.3) is 11.3 Å². The van der Waals surface area contributed by atoms with Crippen molar-refractivity contribution in [2.45, 2.75) is 18.9 Å². The molecule has 0 aliphatic carbocycles. The Balaban J connectivity index is 1.18. The van der Waals surface area contributed by atoms with E-state index in [1.54, 1.807) is 36.3 Å². The first-order chi connectivity index (χ1) is 19.0. The third-order valence-electron chi connectivity index (χ3n) is 7.15. The van der Waals surface area contributed by atoms with E-state index < -0.39 is 0 Å². The second kappa shape index (κ2) is 12.4. The summed E-state index contributed by atoms with van der Waals surface area (Å²) in [6.07, 6.45) is 1.80. The molecule has 10 heteroatoms. The van der Waals surface area contributed by atoms with Gasteiger partial charge in [-0.25, -0.2) is 0 Å². The zero-order valence-corrected chi connectivity index (χ0v) is 22.7. The zero-order chi connectivity index (χ0) is 27.2. The van der Waals surface area contributed by atoms with E-state index in [2.05, 4.69) is 15.1 Å². The molecule has 39 heavy (non-hydrogen) atoms. The summed E-state index contributed by atoms with van der Waals surface area (Å²) in [6.45, 7) is 3.46. The van der Waals surface area contributed by atoms with E-state index in [0.29, 0.717) is 49.9 Å². The highest BCUT2D eigenvalue weighted by Gasteiger charge is 2.28. The topological polar surface area (TPSA) is 88.1 Å². The number of hydrogen-bond acceptors (Lipinski definition) is 7. The molecule has 204 valence electrons. The van der Waals surface area contributed by atoms with Crippen LogP contribution in [-0.4, -0.2) is 90.9 Å². The molecule has 0 spiro atoms. The van der Waals surface area contributed by atoms with Crippen LogP contribution in [0.15, 0.2) is 60.7 Å². The summed E-state index contributed by atoms with van der Waals surface area (Å²) in [4.78, 5) is 32.1. The summed E-state index contributed by atoms with van der Waals surface area (Å²) in [5.74, 6) is 1.30. The minimum absolute atomic E-state index is 0.0116. The lowest BCUT2D eigenvalue weighted by atomic mass is 10.1. The van der Waals surface area contributed by atoms with Gasteiger partial charge in [-0.2, -0.15) is 0 Å². The average molecular weight is 550 g/mol. The Bertz CT molecular complexity index is 1260. The van der Waals surface area contributed by atoms with Crippen LogP contribution in [-0.2, 0) is 9.53 Å². The predicted molar refractivity (Wildman–Crippen MR) is 149 cm³/mol. The molecular weight excluding hydrogens is 518 g/mol. The summed E-state index contributed by atoms with van der Waals surface area (Å²) in [5, 5.41) is 9.38. The predicted octanol–water partition coefficient (Wildman–Crippen LogP) is 3.78. The average Bonchev–Trinajstić information content (AvgIpc) is 3.50. The maximum Gasteiger partial charge on any atom is 0.254 e. The van der Waals surface area contributed by atoms with Gasteiger partial charge in [0, 0.05) is 55.5 Å². The lowest BCUT2D eigenvalue weighted by molar-refractivity contribution is -0.132. The Morgan fingerprint density at radius 2 is 1.74 bits per heavy atom. The maximum atomic E-state index is 13.3. The molecular formula is C29H32ClN5O4. The molecule has 2 fully saturated rings. The van der Waals surface area contributed by atoms with Gasteiger partial charge in [-0.1, -0.05) is 11.6 Å². The first-order valence-corrected chi connectivity index (χ1v) is 13.6. The van der Waals surface area contributed by atoms with Gasteiger partial charge >= 0.3 is 0 Å². The zero-order valence-electron chi connectivity index (χ0n) is 22.0. The van der Waals surface area contributed by atoms with Gasteiger partial charge in [-0.3, -0.25) is 9.59 Å². The molecule has 2 aliphatic rings. The van der Waals surface area contributed by atoms with E-state index in [-0.39, 0.29) is 24.5 Å². The smallest absolute Gasteiger partial charge is 0.254 e. The molecule has 2 aromatic carbocycles. The number of aromatic nitrogens is 2. The number of anilines is 1. The SMILES string of the molecule is COc1ccc(-c2ccc(N3CCN(C(=O)CN(CC4CCCO4)C(=O)c4ccc(Cl)cc4)CC3)nn2)cc1. The van der Waals surface area contributed by atoms with E-state index in [4.69, 9.17) is 21.1 Å². The van der Waals surface area contributed by atoms with Crippen molar-refractivity contribution in [3.63, 3.8) is 0 Å². The van der Waals surface area contributed by atoms with E-state index in [9.17, 15) is 9.59 Å². The van der Waals surface area contributed by atoms with Crippen LogP contribution in [0.1, 0.15) is 23.2 Å². The Hall–Kier alpha value is -3.69. The van der Waals surface area contributed by atoms with Crippen molar-refractivity contribution in [2.75, 3.05) is 57.9 Å². The van der Waals surface area contributed by atoms with Gasteiger partial charge in [0.2, 0.25) is 5.91 Å². The molecule has 5 rings (SSSR count). The minimum atomic E-state index is -0.193. The number of carbonyl (C=O) groups excluding carboxylic acids is 2. The van der Waals surface area contributed by atoms with Crippen LogP contribution in [0.2, 0.25) is 5.02 Å². The van der Waals surface area contributed by atoms with Crippen molar-refractivity contribution >= 4 is 29.2 Å². The number of ether oxygens (including phenoxy) is 2. The molecule has 3 heterocycles. The van der Waals surface area contributed by atoms with Gasteiger partial charge in [0.1, 0.15) is 12.3 Å². The third-order valence-corrected chi connectivity index (χ3v) is 7.40. The lowest BCUT2D eigenvalue weighted by Crippen LogP contribution is -2.52. The molecule has 1 atom stereocenters. The van der Waals surface area contributed by atoms with Gasteiger partial charge < -0.3 is 24.2 Å². The van der Waals surface area contributed by atoms with E-state index in [1.807, 2.05) is 41.3 Å². The summed E-state index contributed by atoms with van der Waals surface area (Å²) in [6, 6.07) is 18.4. The van der Waals surface area contributed by atoms with Crippen molar-refractivity contribution < 1.29 is 19.1 Å². The fourth-order valence-electron chi connectivity index (χ4n) is 4.89. The molecule has 1 aromatic heterocycles. The van der Waals surface area contributed by atoms with Crippen LogP contribution in [0.3, 0.4) is 0 Å². The van der Waals surface area contributed by atoms with Gasteiger partial charge in [-0.05, 0) is 73.5 Å². The molecule has 2 aliphatic heterocycles. The van der Waals surface area contributed by atoms with Crippen molar-refractivity contribution in [3.05, 3.63) is 71.2 Å². The molecule has 0 bridgehead atoms. The third kappa shape index (κ3) is 6.66. The summed E-state index contributed by atoms with van der Waals surface area (Å²) in [7, 11) is 1.64. The van der Waals surface area contributed by atoms with Crippen LogP contribution in [0.4, 0.5) is 5.82 Å². The molecule has 2 amide bonds. The number of nitrogens with zero attached hydrogens (tertiary/aromatic N) is 5. The number of rotatable bonds is 8. The molecule has 0 radical (unpaired) electrons. The highest BCUT2D eigenvalue weighted by Crippen LogP contribution is 2.22. The van der Waals surface area contributed by atoms with Crippen LogP contribution >= 0.6 is 11.6 Å². The molecule has 1 unspecified atom stereocenters. The van der Waals surface area contributed by atoms with Crippen molar-refractivity contribution in [1.82, 2.24) is 20.0 Å². The Morgan fingerprint density at radius 3 is 2.36 bits per heavy atom. The number of methoxy groups -OCH3 is 1. The molecule has 2 saturated heterocycles.